The number of nitrogens with zero attached hydrogens (tertiary/aromatic N) is 3. The number of methoxy groups -OCH3 is 3. The van der Waals surface area contributed by atoms with E-state index in [0.29, 0.717) is 9.90 Å². The molecule has 0 fully saturated rings. The molecular weight excluding hydrogens is 572 g/mol. The second-order valence-corrected chi connectivity index (χ2v) is 11.4. The van der Waals surface area contributed by atoms with Crippen molar-refractivity contribution in [3.05, 3.63) is 60.2 Å². The molecule has 0 saturated carbocycles. The van der Waals surface area contributed by atoms with Crippen LogP contribution in [0.3, 0.4) is 0 Å². The van der Waals surface area contributed by atoms with E-state index in [1.807, 2.05) is 4.72 Å². The summed E-state index contributed by atoms with van der Waals surface area (Å²) in [6, 6.07) is 12.5. The Bertz CT molecular complexity index is 1580. The van der Waals surface area contributed by atoms with Gasteiger partial charge in [0, 0.05) is 4.90 Å². The Morgan fingerprint density at radius 1 is 0.897 bits per heavy atom. The van der Waals surface area contributed by atoms with E-state index in [1.54, 1.807) is 18.4 Å². The van der Waals surface area contributed by atoms with Gasteiger partial charge in [0.05, 0.1) is 37.9 Å². The maximum absolute atomic E-state index is 13.5. The molecule has 3 rings (SSSR count). The first-order valence-corrected chi connectivity index (χ1v) is 14.9. The van der Waals surface area contributed by atoms with E-state index in [1.165, 1.54) is 50.6 Å². The molecule has 39 heavy (non-hydrogen) atoms. The zero-order valence-corrected chi connectivity index (χ0v) is 23.5. The van der Waals surface area contributed by atoms with Gasteiger partial charge in [-0.05, 0) is 30.5 Å². The standard InChI is InChI=1S/C22H24N6O8S3/c1-34-18-13-19(35-2)25-22(24-18)28(21(23)26-38(30,31)17-12-8-6-10-15(17)37-4)27-39(32,33)16-11-7-5-9-14(16)20(29)36-3/h5-13,27H,1-4H3,(H2,23,26). The first kappa shape index (κ1) is 29.6. The van der Waals surface area contributed by atoms with E-state index in [9.17, 15) is 21.6 Å². The zero-order chi connectivity index (χ0) is 28.8. The molecule has 3 N–H and O–H groups in total. The summed E-state index contributed by atoms with van der Waals surface area (Å²) in [6.45, 7) is 0. The molecule has 17 heteroatoms. The first-order valence-electron chi connectivity index (χ1n) is 10.7. The van der Waals surface area contributed by atoms with Crippen LogP contribution in [0.15, 0.2) is 69.3 Å². The van der Waals surface area contributed by atoms with Crippen molar-refractivity contribution >= 4 is 49.7 Å². The molecule has 0 atom stereocenters. The molecule has 1 heterocycles. The molecule has 0 aliphatic rings. The molecule has 1 aromatic heterocycles. The zero-order valence-electron chi connectivity index (χ0n) is 21.0. The van der Waals surface area contributed by atoms with E-state index < -0.39 is 42.8 Å². The monoisotopic (exact) mass is 596 g/mol. The van der Waals surface area contributed by atoms with Crippen molar-refractivity contribution in [2.24, 2.45) is 0 Å². The van der Waals surface area contributed by atoms with Crippen LogP contribution >= 0.6 is 11.8 Å². The SMILES string of the molecule is COC(=O)c1ccccc1S(=O)(=O)NN(C(=N)NS(=O)(=O)c1ccccc1SC)c1nc(OC)cc(OC)n1. The largest absolute Gasteiger partial charge is 0.481 e. The predicted molar refractivity (Wildman–Crippen MR) is 142 cm³/mol. The second-order valence-electron chi connectivity index (χ2n) is 7.28. The topological polar surface area (TPSA) is 190 Å². The summed E-state index contributed by atoms with van der Waals surface area (Å²) >= 11 is 1.16. The van der Waals surface area contributed by atoms with Gasteiger partial charge in [0.25, 0.3) is 26.0 Å². The highest BCUT2D eigenvalue weighted by molar-refractivity contribution is 7.99. The summed E-state index contributed by atoms with van der Waals surface area (Å²) in [5.74, 6) is -2.64. The maximum atomic E-state index is 13.5. The third kappa shape index (κ3) is 6.75. The van der Waals surface area contributed by atoms with Crippen LogP contribution < -0.4 is 24.0 Å². The van der Waals surface area contributed by atoms with Crippen molar-refractivity contribution in [3.63, 3.8) is 0 Å². The fourth-order valence-electron chi connectivity index (χ4n) is 3.11. The average molecular weight is 597 g/mol. The highest BCUT2D eigenvalue weighted by atomic mass is 32.2. The number of carbonyl (C=O) groups is 1. The highest BCUT2D eigenvalue weighted by Crippen LogP contribution is 2.25. The van der Waals surface area contributed by atoms with Crippen LogP contribution in [0.25, 0.3) is 0 Å². The minimum atomic E-state index is -4.68. The van der Waals surface area contributed by atoms with Crippen LogP contribution in [-0.2, 0) is 24.8 Å². The number of sulfonamides is 2. The van der Waals surface area contributed by atoms with Crippen LogP contribution in [0.1, 0.15) is 10.4 Å². The van der Waals surface area contributed by atoms with E-state index >= 15 is 0 Å². The Kier molecular flexibility index (Phi) is 9.33. The van der Waals surface area contributed by atoms with Gasteiger partial charge in [-0.15, -0.1) is 16.6 Å². The Labute approximate surface area is 229 Å². The molecule has 0 unspecified atom stereocenters. The predicted octanol–water partition coefficient (Wildman–Crippen LogP) is 1.62. The van der Waals surface area contributed by atoms with Gasteiger partial charge in [-0.2, -0.15) is 15.0 Å². The number of rotatable bonds is 10. The Morgan fingerprint density at radius 3 is 2.03 bits per heavy atom. The van der Waals surface area contributed by atoms with Crippen molar-refractivity contribution in [2.45, 2.75) is 14.7 Å². The fourth-order valence-corrected chi connectivity index (χ4v) is 6.43. The quantitative estimate of drug-likeness (QED) is 0.101. The number of nitrogens with one attached hydrogen (secondary N) is 3. The summed E-state index contributed by atoms with van der Waals surface area (Å²) < 4.78 is 70.2. The second kappa shape index (κ2) is 12.3. The highest BCUT2D eigenvalue weighted by Gasteiger charge is 2.31. The lowest BCUT2D eigenvalue weighted by Gasteiger charge is -2.25. The molecule has 0 spiro atoms. The maximum Gasteiger partial charge on any atom is 0.339 e. The van der Waals surface area contributed by atoms with Crippen LogP contribution in [0.2, 0.25) is 0 Å². The van der Waals surface area contributed by atoms with Gasteiger partial charge in [-0.3, -0.25) is 5.41 Å². The van der Waals surface area contributed by atoms with Crippen molar-refractivity contribution in [2.75, 3.05) is 32.6 Å². The molecular formula is C22H24N6O8S3. The van der Waals surface area contributed by atoms with Gasteiger partial charge in [0.1, 0.15) is 4.90 Å². The van der Waals surface area contributed by atoms with Crippen LogP contribution in [0.5, 0.6) is 11.8 Å². The van der Waals surface area contributed by atoms with Gasteiger partial charge in [-0.25, -0.2) is 26.4 Å². The summed E-state index contributed by atoms with van der Waals surface area (Å²) in [4.78, 5) is 22.0. The molecule has 0 bridgehead atoms. The van der Waals surface area contributed by atoms with Gasteiger partial charge >= 0.3 is 5.97 Å². The van der Waals surface area contributed by atoms with E-state index in [2.05, 4.69) is 19.5 Å². The van der Waals surface area contributed by atoms with Crippen molar-refractivity contribution in [1.82, 2.24) is 19.5 Å². The minimum Gasteiger partial charge on any atom is -0.481 e. The molecule has 0 saturated heterocycles. The van der Waals surface area contributed by atoms with E-state index in [0.717, 1.165) is 24.9 Å². The summed E-state index contributed by atoms with van der Waals surface area (Å²) in [5.41, 5.74) is -0.308. The molecule has 0 aliphatic heterocycles. The molecule has 208 valence electrons. The van der Waals surface area contributed by atoms with E-state index in [-0.39, 0.29) is 22.2 Å². The van der Waals surface area contributed by atoms with E-state index in [4.69, 9.17) is 14.9 Å². The van der Waals surface area contributed by atoms with Crippen LogP contribution in [0, 0.1) is 5.41 Å². The lowest BCUT2D eigenvalue weighted by atomic mass is 10.2. The summed E-state index contributed by atoms with van der Waals surface area (Å²) in [7, 11) is -5.44. The van der Waals surface area contributed by atoms with Gasteiger partial charge < -0.3 is 14.2 Å². The number of benzene rings is 2. The Morgan fingerprint density at radius 2 is 1.46 bits per heavy atom. The van der Waals surface area contributed by atoms with Gasteiger partial charge in [-0.1, -0.05) is 24.3 Å². The number of anilines is 1. The minimum absolute atomic E-state index is 0.0839. The van der Waals surface area contributed by atoms with Crippen molar-refractivity contribution in [3.8, 4) is 11.8 Å². The number of aromatic nitrogens is 2. The molecule has 2 aromatic carbocycles. The normalized spacial score (nSPS) is 11.4. The summed E-state index contributed by atoms with van der Waals surface area (Å²) in [6.07, 6.45) is 1.68. The summed E-state index contributed by atoms with van der Waals surface area (Å²) in [5, 5.41) is 8.99. The Balaban J connectivity index is 2.13. The first-order chi connectivity index (χ1) is 18.5. The lowest BCUT2D eigenvalue weighted by molar-refractivity contribution is 0.0596. The number of hydrogen-bond donors (Lipinski definition) is 3. The smallest absolute Gasteiger partial charge is 0.339 e. The lowest BCUT2D eigenvalue weighted by Crippen LogP contribution is -2.53. The van der Waals surface area contributed by atoms with Gasteiger partial charge in [0.15, 0.2) is 0 Å². The average Bonchev–Trinajstić information content (AvgIpc) is 2.94. The number of hydrogen-bond acceptors (Lipinski definition) is 12. The number of guanidine groups is 1. The number of ether oxygens (including phenoxy) is 3. The molecule has 14 nitrogen and oxygen atoms in total. The number of esters is 1. The number of hydrazine groups is 1. The number of thioether (sulfide) groups is 1. The molecule has 0 radical (unpaired) electrons. The third-order valence-electron chi connectivity index (χ3n) is 4.89. The fraction of sp³-hybridized carbons (Fsp3) is 0.182. The number of carbonyl (C=O) groups excluding carboxylic acids is 1. The molecule has 0 aliphatic carbocycles. The van der Waals surface area contributed by atoms with Crippen LogP contribution in [-0.4, -0.2) is 66.3 Å². The molecule has 0 amide bonds. The van der Waals surface area contributed by atoms with Crippen molar-refractivity contribution in [1.29, 1.82) is 5.41 Å². The molecule has 3 aromatic rings. The van der Waals surface area contributed by atoms with Crippen LogP contribution in [0.4, 0.5) is 5.95 Å². The van der Waals surface area contributed by atoms with Crippen molar-refractivity contribution < 1.29 is 35.8 Å². The van der Waals surface area contributed by atoms with Gasteiger partial charge in [0.2, 0.25) is 17.7 Å². The third-order valence-corrected chi connectivity index (χ3v) is 8.57. The Hall–Kier alpha value is -3.93.